The molecule has 0 saturated carbocycles. The zero-order valence-electron chi connectivity index (χ0n) is 15.6. The van der Waals surface area contributed by atoms with Crippen molar-refractivity contribution in [1.29, 1.82) is 0 Å². The zero-order valence-corrected chi connectivity index (χ0v) is 18.0. The molecule has 6 nitrogen and oxygen atoms in total. The smallest absolute Gasteiger partial charge is 0.231 e. The molecule has 0 radical (unpaired) electrons. The van der Waals surface area contributed by atoms with E-state index in [1.165, 1.54) is 16.7 Å². The molecule has 5 rings (SSSR count). The summed E-state index contributed by atoms with van der Waals surface area (Å²) in [6, 6.07) is 6.31. The predicted molar refractivity (Wildman–Crippen MR) is 109 cm³/mol. The van der Waals surface area contributed by atoms with Gasteiger partial charge in [0.2, 0.25) is 19.3 Å². The standard InChI is InChI=1S/C20H20BrNO5.ClH/c1-22-6-5-12-16(18(23-2)20-19(17(12)21)26-10-27-20)13(22)7-11-3-4-14-15(8-11)25-9-24-14;/h3-4,8,13H,5-7,9-10H2,1-2H3;1H. The first kappa shape index (κ1) is 19.5. The van der Waals surface area contributed by atoms with Crippen LogP contribution in [0.25, 0.3) is 0 Å². The maximum Gasteiger partial charge on any atom is 0.231 e. The molecule has 1 unspecified atom stereocenters. The highest BCUT2D eigenvalue weighted by Crippen LogP contribution is 2.54. The van der Waals surface area contributed by atoms with Gasteiger partial charge in [-0.2, -0.15) is 0 Å². The fraction of sp³-hybridized carbons (Fsp3) is 0.400. The summed E-state index contributed by atoms with van der Waals surface area (Å²) < 4.78 is 29.2. The van der Waals surface area contributed by atoms with E-state index < -0.39 is 0 Å². The van der Waals surface area contributed by atoms with Gasteiger partial charge in [-0.25, -0.2) is 0 Å². The van der Waals surface area contributed by atoms with Crippen molar-refractivity contribution in [1.82, 2.24) is 4.90 Å². The number of rotatable bonds is 3. The van der Waals surface area contributed by atoms with E-state index in [4.69, 9.17) is 23.7 Å². The zero-order chi connectivity index (χ0) is 18.5. The molecule has 0 aromatic heterocycles. The lowest BCUT2D eigenvalue weighted by Gasteiger charge is -2.36. The summed E-state index contributed by atoms with van der Waals surface area (Å²) in [6.07, 6.45) is 1.76. The quantitative estimate of drug-likeness (QED) is 0.673. The second-order valence-electron chi connectivity index (χ2n) is 6.94. The van der Waals surface area contributed by atoms with Gasteiger partial charge in [-0.05, 0) is 59.1 Å². The van der Waals surface area contributed by atoms with E-state index >= 15 is 0 Å². The number of nitrogens with zero attached hydrogens (tertiary/aromatic N) is 1. The fourth-order valence-corrected chi connectivity index (χ4v) is 4.84. The van der Waals surface area contributed by atoms with Gasteiger partial charge in [-0.1, -0.05) is 6.07 Å². The minimum atomic E-state index is 0. The lowest BCUT2D eigenvalue weighted by atomic mass is 9.87. The third-order valence-electron chi connectivity index (χ3n) is 5.50. The number of hydrogen-bond donors (Lipinski definition) is 0. The molecule has 0 amide bonds. The molecule has 2 aromatic carbocycles. The van der Waals surface area contributed by atoms with E-state index in [0.29, 0.717) is 5.75 Å². The number of halogens is 2. The van der Waals surface area contributed by atoms with Crippen LogP contribution in [0.2, 0.25) is 0 Å². The lowest BCUT2D eigenvalue weighted by Crippen LogP contribution is -2.34. The van der Waals surface area contributed by atoms with E-state index in [1.54, 1.807) is 7.11 Å². The Bertz CT molecular complexity index is 922. The number of hydrogen-bond acceptors (Lipinski definition) is 6. The molecule has 1 atom stereocenters. The normalized spacial score (nSPS) is 19.2. The van der Waals surface area contributed by atoms with Crippen molar-refractivity contribution >= 4 is 28.3 Å². The number of fused-ring (bicyclic) bond motifs is 3. The van der Waals surface area contributed by atoms with Gasteiger partial charge < -0.3 is 23.7 Å². The van der Waals surface area contributed by atoms with E-state index in [1.807, 2.05) is 6.07 Å². The van der Waals surface area contributed by atoms with Crippen molar-refractivity contribution < 1.29 is 23.7 Å². The third-order valence-corrected chi connectivity index (χ3v) is 6.34. The summed E-state index contributed by atoms with van der Waals surface area (Å²) in [5, 5.41) is 0. The molecule has 0 aliphatic carbocycles. The summed E-state index contributed by atoms with van der Waals surface area (Å²) in [4.78, 5) is 2.37. The van der Waals surface area contributed by atoms with Crippen molar-refractivity contribution in [3.63, 3.8) is 0 Å². The maximum absolute atomic E-state index is 5.80. The van der Waals surface area contributed by atoms with Gasteiger partial charge in [0.1, 0.15) is 0 Å². The van der Waals surface area contributed by atoms with Crippen LogP contribution >= 0.6 is 28.3 Å². The van der Waals surface area contributed by atoms with Crippen LogP contribution in [0.1, 0.15) is 22.7 Å². The Kier molecular flexibility index (Phi) is 5.24. The second-order valence-corrected chi connectivity index (χ2v) is 7.74. The minimum Gasteiger partial charge on any atom is -0.492 e. The van der Waals surface area contributed by atoms with Gasteiger partial charge in [0.25, 0.3) is 0 Å². The van der Waals surface area contributed by atoms with Crippen molar-refractivity contribution in [3.8, 4) is 28.7 Å². The van der Waals surface area contributed by atoms with E-state index in [-0.39, 0.29) is 32.0 Å². The second kappa shape index (κ2) is 7.54. The third kappa shape index (κ3) is 2.96. The number of benzene rings is 2. The molecule has 8 heteroatoms. The van der Waals surface area contributed by atoms with Crippen LogP contribution in [0.15, 0.2) is 22.7 Å². The lowest BCUT2D eigenvalue weighted by molar-refractivity contribution is 0.170. The molecule has 0 saturated heterocycles. The molecule has 0 fully saturated rings. The largest absolute Gasteiger partial charge is 0.492 e. The van der Waals surface area contributed by atoms with Gasteiger partial charge in [0.15, 0.2) is 23.0 Å². The first-order valence-corrected chi connectivity index (χ1v) is 9.73. The highest BCUT2D eigenvalue weighted by Gasteiger charge is 2.36. The van der Waals surface area contributed by atoms with Crippen molar-refractivity contribution in [2.24, 2.45) is 0 Å². The van der Waals surface area contributed by atoms with Gasteiger partial charge in [-0.3, -0.25) is 4.90 Å². The Morgan fingerprint density at radius 2 is 1.86 bits per heavy atom. The summed E-state index contributed by atoms with van der Waals surface area (Å²) in [5.74, 6) is 3.83. The summed E-state index contributed by atoms with van der Waals surface area (Å²) in [5.41, 5.74) is 3.60. The average Bonchev–Trinajstić information content (AvgIpc) is 3.33. The van der Waals surface area contributed by atoms with Crippen LogP contribution < -0.4 is 23.7 Å². The SMILES string of the molecule is COc1c2c(c(Br)c3c1C(Cc1ccc4c(c1)OCO4)N(C)CC3)OCO2.Cl. The Balaban J connectivity index is 0.00000192. The summed E-state index contributed by atoms with van der Waals surface area (Å²) >= 11 is 3.74. The monoisotopic (exact) mass is 469 g/mol. The highest BCUT2D eigenvalue weighted by molar-refractivity contribution is 9.10. The predicted octanol–water partition coefficient (Wildman–Crippen LogP) is 4.11. The molecule has 3 aliphatic rings. The first-order valence-electron chi connectivity index (χ1n) is 8.94. The molecule has 2 aromatic rings. The van der Waals surface area contributed by atoms with Crippen molar-refractivity contribution in [2.75, 3.05) is 34.3 Å². The number of likely N-dealkylation sites (N-methyl/N-ethyl adjacent to an activating group) is 1. The average molecular weight is 471 g/mol. The van der Waals surface area contributed by atoms with Crippen LogP contribution in [0.3, 0.4) is 0 Å². The molecule has 150 valence electrons. The Morgan fingerprint density at radius 3 is 2.68 bits per heavy atom. The van der Waals surface area contributed by atoms with Gasteiger partial charge >= 0.3 is 0 Å². The molecule has 3 heterocycles. The highest BCUT2D eigenvalue weighted by atomic mass is 79.9. The molecule has 0 spiro atoms. The van der Waals surface area contributed by atoms with Gasteiger partial charge in [0.05, 0.1) is 11.6 Å². The molecular formula is C20H21BrClNO5. The van der Waals surface area contributed by atoms with Crippen LogP contribution in [0.4, 0.5) is 0 Å². The summed E-state index contributed by atoms with van der Waals surface area (Å²) in [6.45, 7) is 1.47. The maximum atomic E-state index is 5.80. The van der Waals surface area contributed by atoms with Crippen molar-refractivity contribution in [3.05, 3.63) is 39.4 Å². The molecule has 0 N–H and O–H groups in total. The van der Waals surface area contributed by atoms with Gasteiger partial charge in [-0.15, -0.1) is 12.4 Å². The molecule has 28 heavy (non-hydrogen) atoms. The van der Waals surface area contributed by atoms with Crippen LogP contribution in [0, 0.1) is 0 Å². The minimum absolute atomic E-state index is 0. The van der Waals surface area contributed by atoms with E-state index in [9.17, 15) is 0 Å². The molecular weight excluding hydrogens is 450 g/mol. The van der Waals surface area contributed by atoms with Gasteiger partial charge in [0, 0.05) is 18.2 Å². The van der Waals surface area contributed by atoms with Crippen LogP contribution in [0.5, 0.6) is 28.7 Å². The summed E-state index contributed by atoms with van der Waals surface area (Å²) in [7, 11) is 3.84. The van der Waals surface area contributed by atoms with Crippen molar-refractivity contribution in [2.45, 2.75) is 18.9 Å². The van der Waals surface area contributed by atoms with Crippen LogP contribution in [-0.4, -0.2) is 39.2 Å². The first-order chi connectivity index (χ1) is 13.2. The Morgan fingerprint density at radius 1 is 1.11 bits per heavy atom. The number of methoxy groups -OCH3 is 1. The molecule has 3 aliphatic heterocycles. The Hall–Kier alpha value is -1.83. The van der Waals surface area contributed by atoms with E-state index in [0.717, 1.165) is 46.9 Å². The molecule has 0 bridgehead atoms. The fourth-order valence-electron chi connectivity index (χ4n) is 4.14. The Labute approximate surface area is 178 Å². The van der Waals surface area contributed by atoms with E-state index in [2.05, 4.69) is 40.0 Å². The number of ether oxygens (including phenoxy) is 5. The topological polar surface area (TPSA) is 49.4 Å². The van der Waals surface area contributed by atoms with Crippen LogP contribution in [-0.2, 0) is 12.8 Å².